The summed E-state index contributed by atoms with van der Waals surface area (Å²) >= 11 is 5.86. The number of nitrogens with one attached hydrogen (secondary N) is 1. The molecule has 0 aliphatic rings. The second-order valence-electron chi connectivity index (χ2n) is 5.64. The molecule has 1 aromatic heterocycles. The zero-order valence-corrected chi connectivity index (χ0v) is 15.0. The average molecular weight is 372 g/mol. The molecule has 3 aromatic rings. The van der Waals surface area contributed by atoms with Crippen molar-refractivity contribution in [3.8, 4) is 17.1 Å². The van der Waals surface area contributed by atoms with Gasteiger partial charge in [0.1, 0.15) is 5.75 Å². The van der Waals surface area contributed by atoms with Gasteiger partial charge in [0.25, 0.3) is 0 Å². The highest BCUT2D eigenvalue weighted by Gasteiger charge is 2.09. The third kappa shape index (κ3) is 4.83. The van der Waals surface area contributed by atoms with Crippen LogP contribution in [0.25, 0.3) is 11.4 Å². The minimum Gasteiger partial charge on any atom is -0.497 e. The number of carbonyl (C=O) groups excluding carboxylic acids is 1. The van der Waals surface area contributed by atoms with Gasteiger partial charge < -0.3 is 14.6 Å². The lowest BCUT2D eigenvalue weighted by molar-refractivity contribution is -0.120. The molecule has 1 N–H and O–H groups in total. The summed E-state index contributed by atoms with van der Waals surface area (Å²) < 4.78 is 10.3. The highest BCUT2D eigenvalue weighted by Crippen LogP contribution is 2.18. The number of amides is 1. The van der Waals surface area contributed by atoms with Crippen molar-refractivity contribution in [3.63, 3.8) is 0 Å². The van der Waals surface area contributed by atoms with Crippen LogP contribution in [-0.2, 0) is 17.6 Å². The number of benzene rings is 2. The number of hydrogen-bond acceptors (Lipinski definition) is 5. The van der Waals surface area contributed by atoms with Crippen LogP contribution in [0.3, 0.4) is 0 Å². The number of rotatable bonds is 7. The summed E-state index contributed by atoms with van der Waals surface area (Å²) in [5.41, 5.74) is 1.75. The van der Waals surface area contributed by atoms with E-state index in [0.717, 1.165) is 16.9 Å². The molecule has 1 heterocycles. The Bertz CT molecular complexity index is 860. The Morgan fingerprint density at radius 3 is 2.58 bits per heavy atom. The van der Waals surface area contributed by atoms with Gasteiger partial charge >= 0.3 is 0 Å². The van der Waals surface area contributed by atoms with E-state index in [4.69, 9.17) is 20.9 Å². The molecule has 0 saturated carbocycles. The van der Waals surface area contributed by atoms with Crippen molar-refractivity contribution in [2.75, 3.05) is 13.7 Å². The average Bonchev–Trinajstić information content (AvgIpc) is 3.12. The molecule has 3 rings (SSSR count). The Balaban J connectivity index is 1.47. The minimum absolute atomic E-state index is 0.0624. The Morgan fingerprint density at radius 1 is 1.15 bits per heavy atom. The quantitative estimate of drug-likeness (QED) is 0.689. The molecule has 2 aromatic carbocycles. The highest BCUT2D eigenvalue weighted by molar-refractivity contribution is 6.30. The lowest BCUT2D eigenvalue weighted by atomic mass is 10.1. The second-order valence-corrected chi connectivity index (χ2v) is 6.08. The van der Waals surface area contributed by atoms with Gasteiger partial charge in [-0.1, -0.05) is 28.9 Å². The van der Waals surface area contributed by atoms with Crippen LogP contribution in [0.15, 0.2) is 53.1 Å². The predicted molar refractivity (Wildman–Crippen MR) is 98.2 cm³/mol. The second kappa shape index (κ2) is 8.49. The Kier molecular flexibility index (Phi) is 5.86. The first-order valence-electron chi connectivity index (χ1n) is 8.12. The fraction of sp³-hybridized carbons (Fsp3) is 0.211. The molecule has 0 radical (unpaired) electrons. The molecule has 0 atom stereocenters. The fourth-order valence-corrected chi connectivity index (χ4v) is 2.50. The van der Waals surface area contributed by atoms with Gasteiger partial charge in [0.15, 0.2) is 0 Å². The normalized spacial score (nSPS) is 10.5. The molecule has 6 nitrogen and oxygen atoms in total. The lowest BCUT2D eigenvalue weighted by Gasteiger charge is -2.05. The number of ether oxygens (including phenoxy) is 1. The summed E-state index contributed by atoms with van der Waals surface area (Å²) in [7, 11) is 1.61. The summed E-state index contributed by atoms with van der Waals surface area (Å²) in [6, 6.07) is 14.6. The first kappa shape index (κ1) is 17.9. The maximum atomic E-state index is 12.0. The molecule has 134 valence electrons. The van der Waals surface area contributed by atoms with E-state index < -0.39 is 0 Å². The molecule has 1 amide bonds. The third-order valence-electron chi connectivity index (χ3n) is 3.76. The topological polar surface area (TPSA) is 77.2 Å². The molecular formula is C19H18ClN3O3. The van der Waals surface area contributed by atoms with Gasteiger partial charge in [-0.3, -0.25) is 4.79 Å². The molecule has 0 fully saturated rings. The van der Waals surface area contributed by atoms with Crippen molar-refractivity contribution in [2.45, 2.75) is 12.8 Å². The van der Waals surface area contributed by atoms with E-state index in [-0.39, 0.29) is 5.91 Å². The molecule has 26 heavy (non-hydrogen) atoms. The molecule has 0 spiro atoms. The summed E-state index contributed by atoms with van der Waals surface area (Å²) in [6.07, 6.45) is 0.777. The van der Waals surface area contributed by atoms with Crippen molar-refractivity contribution in [1.82, 2.24) is 15.5 Å². The number of methoxy groups -OCH3 is 1. The van der Waals surface area contributed by atoms with Gasteiger partial charge in [0.05, 0.1) is 13.5 Å². The molecule has 0 saturated heterocycles. The Labute approximate surface area is 156 Å². The monoisotopic (exact) mass is 371 g/mol. The van der Waals surface area contributed by atoms with E-state index in [1.54, 1.807) is 19.2 Å². The number of halogens is 1. The van der Waals surface area contributed by atoms with Crippen LogP contribution in [0.1, 0.15) is 11.5 Å². The zero-order chi connectivity index (χ0) is 18.4. The number of nitrogens with zero attached hydrogens (tertiary/aromatic N) is 2. The fourth-order valence-electron chi connectivity index (χ4n) is 2.37. The molecule has 0 aliphatic carbocycles. The van der Waals surface area contributed by atoms with Crippen LogP contribution in [0.5, 0.6) is 5.75 Å². The van der Waals surface area contributed by atoms with Crippen molar-refractivity contribution >= 4 is 17.5 Å². The molecular weight excluding hydrogens is 354 g/mol. The van der Waals surface area contributed by atoms with Crippen molar-refractivity contribution in [2.24, 2.45) is 0 Å². The standard InChI is InChI=1S/C19H18ClN3O3/c1-25-16-8-2-13(3-9-16)12-17(24)21-11-10-18-22-19(23-26-18)14-4-6-15(20)7-5-14/h2-9H,10-12H2,1H3,(H,21,24). The van der Waals surface area contributed by atoms with Crippen LogP contribution in [0.2, 0.25) is 5.02 Å². The van der Waals surface area contributed by atoms with Gasteiger partial charge in [-0.15, -0.1) is 0 Å². The van der Waals surface area contributed by atoms with Crippen LogP contribution in [-0.4, -0.2) is 29.7 Å². The van der Waals surface area contributed by atoms with E-state index in [1.165, 1.54) is 0 Å². The minimum atomic E-state index is -0.0624. The number of aromatic nitrogens is 2. The zero-order valence-electron chi connectivity index (χ0n) is 14.2. The maximum absolute atomic E-state index is 12.0. The van der Waals surface area contributed by atoms with Crippen LogP contribution in [0, 0.1) is 0 Å². The summed E-state index contributed by atoms with van der Waals surface area (Å²) in [6.45, 7) is 0.428. The molecule has 0 aliphatic heterocycles. The van der Waals surface area contributed by atoms with Gasteiger partial charge in [0, 0.05) is 23.6 Å². The van der Waals surface area contributed by atoms with E-state index in [2.05, 4.69) is 15.5 Å². The Morgan fingerprint density at radius 2 is 1.88 bits per heavy atom. The van der Waals surface area contributed by atoms with Gasteiger partial charge in [-0.2, -0.15) is 4.98 Å². The van der Waals surface area contributed by atoms with E-state index in [0.29, 0.717) is 36.1 Å². The third-order valence-corrected chi connectivity index (χ3v) is 4.01. The molecule has 7 heteroatoms. The molecule has 0 unspecified atom stereocenters. The van der Waals surface area contributed by atoms with Crippen LogP contribution < -0.4 is 10.1 Å². The van der Waals surface area contributed by atoms with Crippen LogP contribution in [0.4, 0.5) is 0 Å². The van der Waals surface area contributed by atoms with Gasteiger partial charge in [0.2, 0.25) is 17.6 Å². The van der Waals surface area contributed by atoms with Gasteiger partial charge in [-0.05, 0) is 42.0 Å². The number of hydrogen-bond donors (Lipinski definition) is 1. The van der Waals surface area contributed by atoms with Crippen molar-refractivity contribution < 1.29 is 14.1 Å². The SMILES string of the molecule is COc1ccc(CC(=O)NCCc2nc(-c3ccc(Cl)cc3)no2)cc1. The Hall–Kier alpha value is -2.86. The van der Waals surface area contributed by atoms with Crippen LogP contribution >= 0.6 is 11.6 Å². The van der Waals surface area contributed by atoms with E-state index in [9.17, 15) is 4.79 Å². The van der Waals surface area contributed by atoms with Crippen molar-refractivity contribution in [3.05, 3.63) is 65.0 Å². The van der Waals surface area contributed by atoms with E-state index in [1.807, 2.05) is 36.4 Å². The summed E-state index contributed by atoms with van der Waals surface area (Å²) in [5.74, 6) is 1.68. The molecule has 0 bridgehead atoms. The first-order valence-corrected chi connectivity index (χ1v) is 8.50. The summed E-state index contributed by atoms with van der Waals surface area (Å²) in [5, 5.41) is 7.44. The first-order chi connectivity index (χ1) is 12.6. The number of carbonyl (C=O) groups is 1. The van der Waals surface area contributed by atoms with E-state index >= 15 is 0 Å². The van der Waals surface area contributed by atoms with Crippen molar-refractivity contribution in [1.29, 1.82) is 0 Å². The summed E-state index contributed by atoms with van der Waals surface area (Å²) in [4.78, 5) is 16.3. The largest absolute Gasteiger partial charge is 0.497 e. The maximum Gasteiger partial charge on any atom is 0.228 e. The van der Waals surface area contributed by atoms with Gasteiger partial charge in [-0.25, -0.2) is 0 Å². The lowest BCUT2D eigenvalue weighted by Crippen LogP contribution is -2.27. The predicted octanol–water partition coefficient (Wildman–Crippen LogP) is 3.30. The highest BCUT2D eigenvalue weighted by atomic mass is 35.5. The smallest absolute Gasteiger partial charge is 0.228 e.